The third-order valence-electron chi connectivity index (χ3n) is 2.34. The monoisotopic (exact) mass is 238 g/mol. The Balaban J connectivity index is 2.19. The normalized spacial score (nSPS) is 9.33. The van der Waals surface area contributed by atoms with Crippen LogP contribution in [-0.2, 0) is 0 Å². The van der Waals surface area contributed by atoms with Gasteiger partial charge in [-0.1, -0.05) is 11.8 Å². The molecule has 88 valence electrons. The van der Waals surface area contributed by atoms with E-state index in [1.54, 1.807) is 24.3 Å². The molecule has 2 aromatic carbocycles. The fourth-order valence-corrected chi connectivity index (χ4v) is 1.38. The van der Waals surface area contributed by atoms with E-state index in [0.29, 0.717) is 5.69 Å². The van der Waals surface area contributed by atoms with Gasteiger partial charge >= 0.3 is 0 Å². The van der Waals surface area contributed by atoms with Gasteiger partial charge in [0.05, 0.1) is 4.92 Å². The molecule has 0 aliphatic heterocycles. The molecule has 0 spiro atoms. The summed E-state index contributed by atoms with van der Waals surface area (Å²) in [5, 5.41) is 10.5. The highest BCUT2D eigenvalue weighted by atomic mass is 16.6. The number of nitrogens with two attached hydrogens (primary N) is 1. The molecule has 0 aliphatic rings. The highest BCUT2D eigenvalue weighted by Gasteiger charge is 2.02. The topological polar surface area (TPSA) is 69.2 Å². The van der Waals surface area contributed by atoms with Gasteiger partial charge in [0.25, 0.3) is 5.69 Å². The molecule has 0 radical (unpaired) electrons. The van der Waals surface area contributed by atoms with Crippen LogP contribution < -0.4 is 5.73 Å². The van der Waals surface area contributed by atoms with Gasteiger partial charge in [0, 0.05) is 28.9 Å². The quantitative estimate of drug-likeness (QED) is 0.359. The van der Waals surface area contributed by atoms with E-state index >= 15 is 0 Å². The number of hydrogen-bond acceptors (Lipinski definition) is 3. The summed E-state index contributed by atoms with van der Waals surface area (Å²) >= 11 is 0. The third-order valence-corrected chi connectivity index (χ3v) is 2.34. The van der Waals surface area contributed by atoms with Gasteiger partial charge in [-0.15, -0.1) is 0 Å². The molecule has 4 nitrogen and oxygen atoms in total. The van der Waals surface area contributed by atoms with Crippen LogP contribution in [0.4, 0.5) is 11.4 Å². The maximum Gasteiger partial charge on any atom is 0.269 e. The SMILES string of the molecule is Nc1ccc(C#Cc2ccc([N+](=O)[O-])cc2)cc1. The van der Waals surface area contributed by atoms with Crippen LogP contribution >= 0.6 is 0 Å². The summed E-state index contributed by atoms with van der Waals surface area (Å²) in [4.78, 5) is 10.0. The van der Waals surface area contributed by atoms with Crippen molar-refractivity contribution >= 4 is 11.4 Å². The van der Waals surface area contributed by atoms with Crippen LogP contribution in [-0.4, -0.2) is 4.92 Å². The number of non-ortho nitro benzene ring substituents is 1. The number of rotatable bonds is 1. The van der Waals surface area contributed by atoms with E-state index in [4.69, 9.17) is 5.73 Å². The Morgan fingerprint density at radius 3 is 1.78 bits per heavy atom. The second kappa shape index (κ2) is 5.02. The largest absolute Gasteiger partial charge is 0.399 e. The van der Waals surface area contributed by atoms with E-state index in [9.17, 15) is 10.1 Å². The van der Waals surface area contributed by atoms with Crippen molar-refractivity contribution in [1.29, 1.82) is 0 Å². The minimum absolute atomic E-state index is 0.0630. The van der Waals surface area contributed by atoms with Crippen LogP contribution in [0.15, 0.2) is 48.5 Å². The average Bonchev–Trinajstić information content (AvgIpc) is 2.38. The molecule has 18 heavy (non-hydrogen) atoms. The van der Waals surface area contributed by atoms with E-state index in [1.165, 1.54) is 12.1 Å². The fourth-order valence-electron chi connectivity index (χ4n) is 1.38. The molecule has 0 fully saturated rings. The lowest BCUT2D eigenvalue weighted by Gasteiger charge is -1.93. The van der Waals surface area contributed by atoms with E-state index in [-0.39, 0.29) is 5.69 Å². The molecule has 0 atom stereocenters. The molecule has 0 aliphatic carbocycles. The first-order chi connectivity index (χ1) is 8.65. The summed E-state index contributed by atoms with van der Waals surface area (Å²) in [7, 11) is 0. The predicted octanol–water partition coefficient (Wildman–Crippen LogP) is 2.58. The van der Waals surface area contributed by atoms with Gasteiger partial charge in [-0.3, -0.25) is 10.1 Å². The Bertz CT molecular complexity index is 620. The predicted molar refractivity (Wildman–Crippen MR) is 69.9 cm³/mol. The first kappa shape index (κ1) is 11.7. The smallest absolute Gasteiger partial charge is 0.269 e. The van der Waals surface area contributed by atoms with Gasteiger partial charge in [-0.05, 0) is 36.4 Å². The second-order valence-electron chi connectivity index (χ2n) is 3.68. The Morgan fingerprint density at radius 1 is 0.889 bits per heavy atom. The highest BCUT2D eigenvalue weighted by molar-refractivity contribution is 5.48. The second-order valence-corrected chi connectivity index (χ2v) is 3.68. The summed E-state index contributed by atoms with van der Waals surface area (Å²) in [6.07, 6.45) is 0. The highest BCUT2D eigenvalue weighted by Crippen LogP contribution is 2.11. The van der Waals surface area contributed by atoms with Crippen molar-refractivity contribution in [1.82, 2.24) is 0 Å². The number of nitrogens with zero attached hydrogens (tertiary/aromatic N) is 1. The summed E-state index contributed by atoms with van der Waals surface area (Å²) in [6.45, 7) is 0. The lowest BCUT2D eigenvalue weighted by atomic mass is 10.1. The van der Waals surface area contributed by atoms with Crippen molar-refractivity contribution in [3.8, 4) is 11.8 Å². The standard InChI is InChI=1S/C14H10N2O2/c15-13-7-3-11(4-8-13)1-2-12-5-9-14(10-6-12)16(17)18/h3-10H,15H2. The fraction of sp³-hybridized carbons (Fsp3) is 0. The van der Waals surface area contributed by atoms with E-state index < -0.39 is 4.92 Å². The van der Waals surface area contributed by atoms with Crippen molar-refractivity contribution in [3.63, 3.8) is 0 Å². The molecule has 0 heterocycles. The van der Waals surface area contributed by atoms with Crippen molar-refractivity contribution in [2.24, 2.45) is 0 Å². The van der Waals surface area contributed by atoms with Gasteiger partial charge < -0.3 is 5.73 Å². The molecule has 0 bridgehead atoms. The lowest BCUT2D eigenvalue weighted by Crippen LogP contribution is -1.87. The minimum atomic E-state index is -0.433. The van der Waals surface area contributed by atoms with Crippen LogP contribution in [0.2, 0.25) is 0 Å². The van der Waals surface area contributed by atoms with Crippen LogP contribution in [0.3, 0.4) is 0 Å². The van der Waals surface area contributed by atoms with Crippen molar-refractivity contribution in [2.45, 2.75) is 0 Å². The molecule has 2 rings (SSSR count). The van der Waals surface area contributed by atoms with Gasteiger partial charge in [0.15, 0.2) is 0 Å². The molecular formula is C14H10N2O2. The van der Waals surface area contributed by atoms with Gasteiger partial charge in [0.1, 0.15) is 0 Å². The number of nitro benzene ring substituents is 1. The van der Waals surface area contributed by atoms with Crippen LogP contribution in [0, 0.1) is 22.0 Å². The first-order valence-electron chi connectivity index (χ1n) is 5.27. The Morgan fingerprint density at radius 2 is 1.33 bits per heavy atom. The summed E-state index contributed by atoms with van der Waals surface area (Å²) in [5.74, 6) is 5.89. The first-order valence-corrected chi connectivity index (χ1v) is 5.27. The zero-order valence-electron chi connectivity index (χ0n) is 9.46. The molecular weight excluding hydrogens is 228 g/mol. The average molecular weight is 238 g/mol. The Kier molecular flexibility index (Phi) is 3.26. The molecule has 0 aromatic heterocycles. The number of nitrogen functional groups attached to an aromatic ring is 1. The summed E-state index contributed by atoms with van der Waals surface area (Å²) < 4.78 is 0. The summed E-state index contributed by atoms with van der Waals surface area (Å²) in [6, 6.07) is 13.3. The Labute approximate surface area is 104 Å². The zero-order chi connectivity index (χ0) is 13.0. The maximum atomic E-state index is 10.5. The van der Waals surface area contributed by atoms with Crippen molar-refractivity contribution in [2.75, 3.05) is 5.73 Å². The molecule has 0 amide bonds. The molecule has 2 aromatic rings. The molecule has 0 unspecified atom stereocenters. The minimum Gasteiger partial charge on any atom is -0.399 e. The Hall–Kier alpha value is -2.80. The van der Waals surface area contributed by atoms with Crippen LogP contribution in [0.25, 0.3) is 0 Å². The van der Waals surface area contributed by atoms with E-state index in [0.717, 1.165) is 11.1 Å². The van der Waals surface area contributed by atoms with Crippen molar-refractivity contribution in [3.05, 3.63) is 69.8 Å². The lowest BCUT2D eigenvalue weighted by molar-refractivity contribution is -0.384. The number of benzene rings is 2. The maximum absolute atomic E-state index is 10.5. The molecule has 4 heteroatoms. The number of hydrogen-bond donors (Lipinski definition) is 1. The van der Waals surface area contributed by atoms with Gasteiger partial charge in [0.2, 0.25) is 0 Å². The number of nitro groups is 1. The van der Waals surface area contributed by atoms with Crippen LogP contribution in [0.5, 0.6) is 0 Å². The number of anilines is 1. The zero-order valence-corrected chi connectivity index (χ0v) is 9.46. The summed E-state index contributed by atoms with van der Waals surface area (Å²) in [5.41, 5.74) is 7.90. The molecule has 0 saturated heterocycles. The third kappa shape index (κ3) is 2.86. The van der Waals surface area contributed by atoms with Crippen LogP contribution in [0.1, 0.15) is 11.1 Å². The van der Waals surface area contributed by atoms with Gasteiger partial charge in [-0.25, -0.2) is 0 Å². The van der Waals surface area contributed by atoms with E-state index in [2.05, 4.69) is 11.8 Å². The molecule has 0 saturated carbocycles. The van der Waals surface area contributed by atoms with E-state index in [1.807, 2.05) is 12.1 Å². The van der Waals surface area contributed by atoms with Gasteiger partial charge in [-0.2, -0.15) is 0 Å². The molecule has 2 N–H and O–H groups in total. The van der Waals surface area contributed by atoms with Crippen molar-refractivity contribution < 1.29 is 4.92 Å².